The lowest BCUT2D eigenvalue weighted by molar-refractivity contribution is -0.110. The molecule has 2 aromatic carbocycles. The molecule has 0 fully saturated rings. The summed E-state index contributed by atoms with van der Waals surface area (Å²) in [5.41, 5.74) is 5.40. The van der Waals surface area contributed by atoms with Crippen LogP contribution in [-0.2, 0) is 16.1 Å². The van der Waals surface area contributed by atoms with Crippen LogP contribution in [0.1, 0.15) is 34.8 Å². The van der Waals surface area contributed by atoms with E-state index in [1.807, 2.05) is 33.2 Å². The first-order chi connectivity index (χ1) is 13.4. The fourth-order valence-electron chi connectivity index (χ4n) is 3.28. The third-order valence-corrected chi connectivity index (χ3v) is 4.59. The average Bonchev–Trinajstić information content (AvgIpc) is 3.01. The van der Waals surface area contributed by atoms with Gasteiger partial charge in [-0.2, -0.15) is 0 Å². The van der Waals surface area contributed by atoms with E-state index in [0.717, 1.165) is 23.5 Å². The van der Waals surface area contributed by atoms with Crippen molar-refractivity contribution in [1.29, 1.82) is 0 Å². The third kappa shape index (κ3) is 4.07. The first kappa shape index (κ1) is 19.6. The molecule has 0 radical (unpaired) electrons. The summed E-state index contributed by atoms with van der Waals surface area (Å²) >= 11 is 0. The number of nitrogens with one attached hydrogen (secondary N) is 2. The smallest absolute Gasteiger partial charge is 0.337 e. The summed E-state index contributed by atoms with van der Waals surface area (Å²) in [5.74, 6) is -0.605. The summed E-state index contributed by atoms with van der Waals surface area (Å²) in [7, 11) is 5.41. The zero-order valence-corrected chi connectivity index (χ0v) is 16.6. The third-order valence-electron chi connectivity index (χ3n) is 4.59. The van der Waals surface area contributed by atoms with Crippen LogP contribution >= 0.6 is 0 Å². The molecular weight excluding hydrogens is 354 g/mol. The Morgan fingerprint density at radius 2 is 1.86 bits per heavy atom. The molecule has 0 bridgehead atoms. The molecule has 3 rings (SSSR count). The number of allylic oxidation sites excluding steroid dienone is 1. The van der Waals surface area contributed by atoms with Gasteiger partial charge in [0.15, 0.2) is 0 Å². The maximum Gasteiger partial charge on any atom is 0.337 e. The first-order valence-corrected chi connectivity index (χ1v) is 9.20. The molecule has 0 unspecified atom stereocenters. The van der Waals surface area contributed by atoms with Crippen molar-refractivity contribution in [3.63, 3.8) is 0 Å². The van der Waals surface area contributed by atoms with Gasteiger partial charge in [-0.1, -0.05) is 25.1 Å². The predicted octanol–water partition coefficient (Wildman–Crippen LogP) is 3.72. The fourth-order valence-corrected chi connectivity index (χ4v) is 3.28. The van der Waals surface area contributed by atoms with Gasteiger partial charge in [-0.15, -0.1) is 0 Å². The molecule has 1 amide bonds. The minimum Gasteiger partial charge on any atom is -0.465 e. The van der Waals surface area contributed by atoms with E-state index in [-0.39, 0.29) is 5.91 Å². The molecule has 2 N–H and O–H groups in total. The van der Waals surface area contributed by atoms with Crippen LogP contribution in [0.15, 0.2) is 48.2 Å². The van der Waals surface area contributed by atoms with Crippen LogP contribution in [0.3, 0.4) is 0 Å². The van der Waals surface area contributed by atoms with Gasteiger partial charge in [-0.05, 0) is 50.3 Å². The molecule has 2 aromatic rings. The highest BCUT2D eigenvalue weighted by Gasteiger charge is 2.28. The van der Waals surface area contributed by atoms with Crippen molar-refractivity contribution in [3.05, 3.63) is 64.9 Å². The van der Waals surface area contributed by atoms with Gasteiger partial charge < -0.3 is 20.3 Å². The second-order valence-electron chi connectivity index (χ2n) is 6.97. The molecule has 0 spiro atoms. The van der Waals surface area contributed by atoms with E-state index in [4.69, 9.17) is 4.74 Å². The molecule has 146 valence electrons. The number of hydrogen-bond donors (Lipinski definition) is 2. The van der Waals surface area contributed by atoms with E-state index in [9.17, 15) is 9.59 Å². The van der Waals surface area contributed by atoms with Gasteiger partial charge in [-0.25, -0.2) is 4.79 Å². The molecule has 0 saturated carbocycles. The van der Waals surface area contributed by atoms with Crippen LogP contribution in [0.2, 0.25) is 0 Å². The Morgan fingerprint density at radius 1 is 1.14 bits per heavy atom. The zero-order chi connectivity index (χ0) is 20.3. The number of nitrogens with zero attached hydrogens (tertiary/aromatic N) is 1. The van der Waals surface area contributed by atoms with E-state index >= 15 is 0 Å². The highest BCUT2D eigenvalue weighted by Crippen LogP contribution is 2.35. The van der Waals surface area contributed by atoms with Crippen molar-refractivity contribution in [2.75, 3.05) is 31.8 Å². The van der Waals surface area contributed by atoms with E-state index in [2.05, 4.69) is 27.7 Å². The van der Waals surface area contributed by atoms with Crippen LogP contribution in [0, 0.1) is 0 Å². The van der Waals surface area contributed by atoms with Gasteiger partial charge in [0.1, 0.15) is 0 Å². The summed E-state index contributed by atoms with van der Waals surface area (Å²) in [6, 6.07) is 13.3. The molecular formula is C22H25N3O3. The number of anilines is 2. The molecule has 0 saturated heterocycles. The molecule has 1 aliphatic rings. The van der Waals surface area contributed by atoms with E-state index in [1.165, 1.54) is 12.7 Å². The first-order valence-electron chi connectivity index (χ1n) is 9.20. The molecule has 0 atom stereocenters. The van der Waals surface area contributed by atoms with E-state index in [1.54, 1.807) is 18.2 Å². The van der Waals surface area contributed by atoms with Crippen molar-refractivity contribution in [1.82, 2.24) is 4.90 Å². The Kier molecular flexibility index (Phi) is 5.80. The number of hydrogen-bond acceptors (Lipinski definition) is 5. The maximum absolute atomic E-state index is 12.6. The Morgan fingerprint density at radius 3 is 2.46 bits per heavy atom. The van der Waals surface area contributed by atoms with Crippen molar-refractivity contribution >= 4 is 28.8 Å². The SMILES string of the molecule is CCC(Nc1ccc(CN(C)C)cc1)=C1C(=O)Nc2cc(C(=O)OC)ccc21. The number of carbonyl (C=O) groups excluding carboxylic acids is 2. The minimum absolute atomic E-state index is 0.175. The largest absolute Gasteiger partial charge is 0.465 e. The topological polar surface area (TPSA) is 70.7 Å². The molecule has 1 aliphatic heterocycles. The van der Waals surface area contributed by atoms with Gasteiger partial charge in [0.2, 0.25) is 0 Å². The van der Waals surface area contributed by atoms with Crippen LogP contribution in [0.4, 0.5) is 11.4 Å². The van der Waals surface area contributed by atoms with Crippen molar-refractivity contribution in [3.8, 4) is 0 Å². The lowest BCUT2D eigenvalue weighted by Crippen LogP contribution is -2.11. The van der Waals surface area contributed by atoms with E-state index in [0.29, 0.717) is 23.2 Å². The quantitative estimate of drug-likeness (QED) is 0.591. The lowest BCUT2D eigenvalue weighted by atomic mass is 10.0. The van der Waals surface area contributed by atoms with Gasteiger partial charge in [0.05, 0.1) is 23.9 Å². The normalized spacial score (nSPS) is 14.5. The van der Waals surface area contributed by atoms with Crippen LogP contribution in [-0.4, -0.2) is 38.0 Å². The van der Waals surface area contributed by atoms with Crippen molar-refractivity contribution in [2.45, 2.75) is 19.9 Å². The minimum atomic E-state index is -0.430. The highest BCUT2D eigenvalue weighted by molar-refractivity contribution is 6.32. The van der Waals surface area contributed by atoms with Gasteiger partial charge >= 0.3 is 5.97 Å². The Labute approximate surface area is 165 Å². The molecule has 28 heavy (non-hydrogen) atoms. The maximum atomic E-state index is 12.6. The van der Waals surface area contributed by atoms with Crippen LogP contribution in [0.5, 0.6) is 0 Å². The van der Waals surface area contributed by atoms with Crippen molar-refractivity contribution < 1.29 is 14.3 Å². The Hall–Kier alpha value is -3.12. The summed E-state index contributed by atoms with van der Waals surface area (Å²) in [6.07, 6.45) is 0.667. The standard InChI is InChI=1S/C22H25N3O3/c1-5-18(23-16-9-6-14(7-10-16)13-25(2)3)20-17-11-8-15(22(27)28-4)12-19(17)24-21(20)26/h6-12,23H,5,13H2,1-4H3,(H,24,26). The average molecular weight is 379 g/mol. The lowest BCUT2D eigenvalue weighted by Gasteiger charge is -2.14. The summed E-state index contributed by atoms with van der Waals surface area (Å²) in [5, 5.41) is 6.23. The molecule has 0 aromatic heterocycles. The Bertz CT molecular complexity index is 931. The summed E-state index contributed by atoms with van der Waals surface area (Å²) < 4.78 is 4.75. The number of rotatable bonds is 6. The molecule has 1 heterocycles. The molecule has 0 aliphatic carbocycles. The number of methoxy groups -OCH3 is 1. The molecule has 6 nitrogen and oxygen atoms in total. The highest BCUT2D eigenvalue weighted by atomic mass is 16.5. The van der Waals surface area contributed by atoms with E-state index < -0.39 is 5.97 Å². The summed E-state index contributed by atoms with van der Waals surface area (Å²) in [6.45, 7) is 2.88. The van der Waals surface area contributed by atoms with Gasteiger partial charge in [0.25, 0.3) is 5.91 Å². The monoisotopic (exact) mass is 379 g/mol. The number of fused-ring (bicyclic) bond motifs is 1. The summed E-state index contributed by atoms with van der Waals surface area (Å²) in [4.78, 5) is 26.5. The second kappa shape index (κ2) is 8.27. The second-order valence-corrected chi connectivity index (χ2v) is 6.97. The van der Waals surface area contributed by atoms with Gasteiger partial charge in [0, 0.05) is 23.5 Å². The van der Waals surface area contributed by atoms with Crippen LogP contribution in [0.25, 0.3) is 5.57 Å². The number of esters is 1. The van der Waals surface area contributed by atoms with Gasteiger partial charge in [-0.3, -0.25) is 4.79 Å². The number of carbonyl (C=O) groups is 2. The Balaban J connectivity index is 1.91. The fraction of sp³-hybridized carbons (Fsp3) is 0.273. The van der Waals surface area contributed by atoms with Crippen LogP contribution < -0.4 is 10.6 Å². The number of ether oxygens (including phenoxy) is 1. The molecule has 6 heteroatoms. The predicted molar refractivity (Wildman–Crippen MR) is 111 cm³/mol. The number of benzene rings is 2. The zero-order valence-electron chi connectivity index (χ0n) is 16.6. The number of amides is 1. The van der Waals surface area contributed by atoms with Crippen molar-refractivity contribution in [2.24, 2.45) is 0 Å².